The molecule has 0 aliphatic carbocycles. The predicted molar refractivity (Wildman–Crippen MR) is 103 cm³/mol. The van der Waals surface area contributed by atoms with E-state index >= 15 is 0 Å². The summed E-state index contributed by atoms with van der Waals surface area (Å²) < 4.78 is 1.79. The van der Waals surface area contributed by atoms with Crippen LogP contribution in [0.1, 0.15) is 41.8 Å². The highest BCUT2D eigenvalue weighted by Crippen LogP contribution is 2.24. The fraction of sp³-hybridized carbons (Fsp3) is 0.450. The quantitative estimate of drug-likeness (QED) is 0.868. The lowest BCUT2D eigenvalue weighted by atomic mass is 10.0. The van der Waals surface area contributed by atoms with E-state index in [1.807, 2.05) is 39.0 Å². The summed E-state index contributed by atoms with van der Waals surface area (Å²) in [5.74, 6) is -1.09. The van der Waals surface area contributed by atoms with Crippen LogP contribution in [0, 0.1) is 20.8 Å². The second-order valence-corrected chi connectivity index (χ2v) is 7.52. The van der Waals surface area contributed by atoms with Gasteiger partial charge >= 0.3 is 5.97 Å². The van der Waals surface area contributed by atoms with Crippen LogP contribution in [-0.4, -0.2) is 44.3 Å². The second kappa shape index (κ2) is 7.72. The molecule has 1 amide bonds. The van der Waals surface area contributed by atoms with E-state index in [1.165, 1.54) is 4.90 Å². The highest BCUT2D eigenvalue weighted by molar-refractivity contribution is 6.31. The van der Waals surface area contributed by atoms with Crippen molar-refractivity contribution in [2.75, 3.05) is 6.54 Å². The van der Waals surface area contributed by atoms with E-state index < -0.39 is 12.0 Å². The van der Waals surface area contributed by atoms with E-state index in [-0.39, 0.29) is 12.3 Å². The van der Waals surface area contributed by atoms with Gasteiger partial charge in [0.1, 0.15) is 6.04 Å². The van der Waals surface area contributed by atoms with Crippen LogP contribution in [0.15, 0.2) is 18.2 Å². The Bertz CT molecular complexity index is 891. The Balaban J connectivity index is 1.87. The molecule has 2 heterocycles. The molecule has 0 bridgehead atoms. The summed E-state index contributed by atoms with van der Waals surface area (Å²) in [4.78, 5) is 25.8. The van der Waals surface area contributed by atoms with Gasteiger partial charge in [0.15, 0.2) is 0 Å². The zero-order valence-electron chi connectivity index (χ0n) is 15.8. The molecule has 7 heteroatoms. The molecular weight excluding hydrogens is 366 g/mol. The number of halogens is 1. The SMILES string of the molecule is Cc1ccc(-n2nc(C)c(CC(=O)N3CCCC[C@@H]3C(=O)O)c2C)cc1Cl. The Kier molecular flexibility index (Phi) is 5.56. The molecule has 0 unspecified atom stereocenters. The number of carboxylic acids is 1. The van der Waals surface area contributed by atoms with Gasteiger partial charge in [-0.3, -0.25) is 4.79 Å². The van der Waals surface area contributed by atoms with Crippen LogP contribution in [0.4, 0.5) is 0 Å². The predicted octanol–water partition coefficient (Wildman–Crippen LogP) is 3.46. The van der Waals surface area contributed by atoms with Crippen LogP contribution in [0.2, 0.25) is 5.02 Å². The van der Waals surface area contributed by atoms with Crippen molar-refractivity contribution in [1.82, 2.24) is 14.7 Å². The minimum atomic E-state index is -0.929. The first-order valence-electron chi connectivity index (χ1n) is 9.13. The third kappa shape index (κ3) is 3.86. The number of amides is 1. The third-order valence-corrected chi connectivity index (χ3v) is 5.68. The molecule has 1 aromatic carbocycles. The van der Waals surface area contributed by atoms with Crippen molar-refractivity contribution in [1.29, 1.82) is 0 Å². The maximum Gasteiger partial charge on any atom is 0.326 e. The fourth-order valence-corrected chi connectivity index (χ4v) is 3.81. The molecular formula is C20H24ClN3O3. The summed E-state index contributed by atoms with van der Waals surface area (Å²) in [5, 5.41) is 14.6. The van der Waals surface area contributed by atoms with Crippen LogP contribution in [0.5, 0.6) is 0 Å². The number of hydrogen-bond donors (Lipinski definition) is 1. The number of carbonyl (C=O) groups is 2. The first-order chi connectivity index (χ1) is 12.8. The smallest absolute Gasteiger partial charge is 0.326 e. The van der Waals surface area contributed by atoms with E-state index in [9.17, 15) is 14.7 Å². The summed E-state index contributed by atoms with van der Waals surface area (Å²) in [6.07, 6.45) is 2.35. The Morgan fingerprint density at radius 3 is 2.67 bits per heavy atom. The molecule has 0 spiro atoms. The molecule has 1 saturated heterocycles. The topological polar surface area (TPSA) is 75.4 Å². The van der Waals surface area contributed by atoms with Crippen LogP contribution in [0.3, 0.4) is 0 Å². The number of rotatable bonds is 4. The van der Waals surface area contributed by atoms with E-state index in [4.69, 9.17) is 11.6 Å². The van der Waals surface area contributed by atoms with Crippen molar-refractivity contribution >= 4 is 23.5 Å². The number of aliphatic carboxylic acids is 1. The lowest BCUT2D eigenvalue weighted by Crippen LogP contribution is -2.48. The van der Waals surface area contributed by atoms with E-state index in [1.54, 1.807) is 4.68 Å². The summed E-state index contributed by atoms with van der Waals surface area (Å²) in [6, 6.07) is 5.01. The van der Waals surface area contributed by atoms with E-state index in [0.717, 1.165) is 41.0 Å². The van der Waals surface area contributed by atoms with Gasteiger partial charge in [-0.15, -0.1) is 0 Å². The van der Waals surface area contributed by atoms with Crippen LogP contribution in [0.25, 0.3) is 5.69 Å². The van der Waals surface area contributed by atoms with Gasteiger partial charge in [-0.1, -0.05) is 17.7 Å². The lowest BCUT2D eigenvalue weighted by Gasteiger charge is -2.33. The zero-order valence-corrected chi connectivity index (χ0v) is 16.6. The molecule has 6 nitrogen and oxygen atoms in total. The molecule has 1 aliphatic rings. The summed E-state index contributed by atoms with van der Waals surface area (Å²) in [7, 11) is 0. The van der Waals surface area contributed by atoms with Gasteiger partial charge in [0.05, 0.1) is 17.8 Å². The van der Waals surface area contributed by atoms with Gasteiger partial charge in [0.2, 0.25) is 5.91 Å². The average Bonchev–Trinajstić information content (AvgIpc) is 2.92. The van der Waals surface area contributed by atoms with Crippen molar-refractivity contribution in [2.45, 2.75) is 52.5 Å². The molecule has 1 aliphatic heterocycles. The molecule has 144 valence electrons. The number of benzene rings is 1. The van der Waals surface area contributed by atoms with Crippen molar-refractivity contribution in [3.05, 3.63) is 45.7 Å². The number of hydrogen-bond acceptors (Lipinski definition) is 3. The average molecular weight is 390 g/mol. The Morgan fingerprint density at radius 1 is 1.26 bits per heavy atom. The molecule has 3 rings (SSSR count). The summed E-state index contributed by atoms with van der Waals surface area (Å²) in [5.41, 5.74) is 4.30. The summed E-state index contributed by atoms with van der Waals surface area (Å²) in [6.45, 7) is 6.22. The zero-order chi connectivity index (χ0) is 19.7. The van der Waals surface area contributed by atoms with Crippen LogP contribution in [-0.2, 0) is 16.0 Å². The highest BCUT2D eigenvalue weighted by atomic mass is 35.5. The largest absolute Gasteiger partial charge is 0.480 e. The van der Waals surface area contributed by atoms with Crippen molar-refractivity contribution < 1.29 is 14.7 Å². The number of aromatic nitrogens is 2. The minimum Gasteiger partial charge on any atom is -0.480 e. The Labute approximate surface area is 163 Å². The van der Waals surface area contributed by atoms with E-state index in [0.29, 0.717) is 18.0 Å². The van der Waals surface area contributed by atoms with Crippen LogP contribution >= 0.6 is 11.6 Å². The first kappa shape index (κ1) is 19.4. The van der Waals surface area contributed by atoms with E-state index in [2.05, 4.69) is 5.10 Å². The number of carboxylic acid groups (broad SMARTS) is 1. The normalized spacial score (nSPS) is 17.2. The highest BCUT2D eigenvalue weighted by Gasteiger charge is 2.32. The fourth-order valence-electron chi connectivity index (χ4n) is 3.64. The van der Waals surface area contributed by atoms with Crippen LogP contribution < -0.4 is 0 Å². The third-order valence-electron chi connectivity index (χ3n) is 5.28. The maximum atomic E-state index is 12.8. The molecule has 1 aromatic heterocycles. The number of likely N-dealkylation sites (tertiary alicyclic amines) is 1. The van der Waals surface area contributed by atoms with Gasteiger partial charge < -0.3 is 10.0 Å². The molecule has 2 aromatic rings. The molecule has 1 N–H and O–H groups in total. The van der Waals surface area contributed by atoms with Gasteiger partial charge in [0.25, 0.3) is 0 Å². The van der Waals surface area contributed by atoms with Gasteiger partial charge in [-0.2, -0.15) is 5.10 Å². The number of carbonyl (C=O) groups excluding carboxylic acids is 1. The maximum absolute atomic E-state index is 12.8. The first-order valence-corrected chi connectivity index (χ1v) is 9.51. The second-order valence-electron chi connectivity index (χ2n) is 7.11. The van der Waals surface area contributed by atoms with Gasteiger partial charge in [-0.25, -0.2) is 9.48 Å². The van der Waals surface area contributed by atoms with Gasteiger partial charge in [-0.05, 0) is 57.7 Å². The molecule has 0 radical (unpaired) electrons. The van der Waals surface area contributed by atoms with Crippen molar-refractivity contribution in [2.24, 2.45) is 0 Å². The molecule has 1 fully saturated rings. The number of nitrogens with zero attached hydrogens (tertiary/aromatic N) is 3. The molecule has 1 atom stereocenters. The standard InChI is InChI=1S/C20H24ClN3O3/c1-12-7-8-15(10-17(12)21)24-14(3)16(13(2)22-24)11-19(25)23-9-5-4-6-18(23)20(26)27/h7-8,10,18H,4-6,9,11H2,1-3H3,(H,26,27)/t18-/m1/s1. The Morgan fingerprint density at radius 2 is 2.00 bits per heavy atom. The van der Waals surface area contributed by atoms with Crippen molar-refractivity contribution in [3.8, 4) is 5.69 Å². The molecule has 0 saturated carbocycles. The van der Waals surface area contributed by atoms with Gasteiger partial charge in [0, 0.05) is 22.8 Å². The lowest BCUT2D eigenvalue weighted by molar-refractivity contribution is -0.151. The monoisotopic (exact) mass is 389 g/mol. The summed E-state index contributed by atoms with van der Waals surface area (Å²) >= 11 is 6.24. The minimum absolute atomic E-state index is 0.154. The number of aryl methyl sites for hydroxylation is 2. The number of piperidine rings is 1. The van der Waals surface area contributed by atoms with Crippen molar-refractivity contribution in [3.63, 3.8) is 0 Å². The Hall–Kier alpha value is -2.34. The molecule has 27 heavy (non-hydrogen) atoms.